The molecular weight excluding hydrogens is 318 g/mol. The number of nitrogens with one attached hydrogen (secondary N) is 2. The number of hydrogen-bond acceptors (Lipinski definition) is 2. The Morgan fingerprint density at radius 3 is 2.79 bits per heavy atom. The average molecular weight is 339 g/mol. The lowest BCUT2D eigenvalue weighted by molar-refractivity contribution is -0.117. The fourth-order valence-electron chi connectivity index (χ4n) is 2.85. The molecule has 0 radical (unpaired) electrons. The van der Waals surface area contributed by atoms with Gasteiger partial charge in [0.2, 0.25) is 5.91 Å². The van der Waals surface area contributed by atoms with E-state index in [1.165, 1.54) is 11.1 Å². The number of carbonyl (C=O) groups excluding carboxylic acids is 1. The van der Waals surface area contributed by atoms with Crippen LogP contribution < -0.4 is 15.5 Å². The molecule has 5 heteroatoms. The first-order valence-corrected chi connectivity index (χ1v) is 8.53. The summed E-state index contributed by atoms with van der Waals surface area (Å²) in [6.07, 6.45) is 1.56. The van der Waals surface area contributed by atoms with Gasteiger partial charge in [-0.2, -0.15) is 0 Å². The van der Waals surface area contributed by atoms with Crippen molar-refractivity contribution in [2.24, 2.45) is 0 Å². The van der Waals surface area contributed by atoms with Crippen LogP contribution in [0.4, 0.5) is 11.4 Å². The second kappa shape index (κ2) is 7.45. The Kier molecular flexibility index (Phi) is 5.11. The minimum atomic E-state index is 0.187. The zero-order chi connectivity index (χ0) is 16.9. The predicted molar refractivity (Wildman–Crippen MR) is 102 cm³/mol. The number of benzene rings is 2. The Bertz CT molecular complexity index is 760. The predicted octanol–water partition coefficient (Wildman–Crippen LogP) is 3.61. The summed E-state index contributed by atoms with van der Waals surface area (Å²) in [5, 5.41) is 6.97. The van der Waals surface area contributed by atoms with E-state index in [0.29, 0.717) is 18.1 Å². The fourth-order valence-corrected chi connectivity index (χ4v) is 3.04. The monoisotopic (exact) mass is 339 g/mol. The van der Waals surface area contributed by atoms with E-state index in [1.807, 2.05) is 35.2 Å². The summed E-state index contributed by atoms with van der Waals surface area (Å²) in [7, 11) is 0. The zero-order valence-corrected chi connectivity index (χ0v) is 14.5. The molecule has 3 rings (SSSR count). The molecule has 0 aromatic heterocycles. The van der Waals surface area contributed by atoms with E-state index < -0.39 is 0 Å². The molecule has 0 spiro atoms. The second-order valence-corrected chi connectivity index (χ2v) is 6.40. The summed E-state index contributed by atoms with van der Waals surface area (Å²) >= 11 is 5.37. The molecule has 2 aromatic rings. The molecule has 1 aliphatic rings. The van der Waals surface area contributed by atoms with Crippen LogP contribution in [0.25, 0.3) is 0 Å². The quantitative estimate of drug-likeness (QED) is 0.835. The molecule has 1 saturated heterocycles. The first-order chi connectivity index (χ1) is 11.6. The Labute approximate surface area is 147 Å². The molecule has 0 atom stereocenters. The number of carbonyl (C=O) groups is 1. The van der Waals surface area contributed by atoms with Crippen molar-refractivity contribution < 1.29 is 4.79 Å². The Balaban J connectivity index is 1.59. The number of thiocarbonyl (C=S) groups is 1. The lowest BCUT2D eigenvalue weighted by atomic mass is 10.1. The molecule has 2 aromatic carbocycles. The molecular formula is C19H21N3OS. The average Bonchev–Trinajstić information content (AvgIpc) is 2.99. The van der Waals surface area contributed by atoms with Gasteiger partial charge in [0.05, 0.1) is 0 Å². The van der Waals surface area contributed by atoms with Gasteiger partial charge in [-0.3, -0.25) is 4.79 Å². The maximum atomic E-state index is 11.9. The second-order valence-electron chi connectivity index (χ2n) is 6.00. The van der Waals surface area contributed by atoms with Gasteiger partial charge in [0.25, 0.3) is 0 Å². The highest BCUT2D eigenvalue weighted by molar-refractivity contribution is 7.80. The third-order valence-corrected chi connectivity index (χ3v) is 4.27. The lowest BCUT2D eigenvalue weighted by Crippen LogP contribution is -2.28. The van der Waals surface area contributed by atoms with Gasteiger partial charge in [-0.05, 0) is 49.3 Å². The van der Waals surface area contributed by atoms with Gasteiger partial charge in [-0.15, -0.1) is 0 Å². The van der Waals surface area contributed by atoms with Crippen LogP contribution in [0.5, 0.6) is 0 Å². The molecule has 0 saturated carbocycles. The summed E-state index contributed by atoms with van der Waals surface area (Å²) in [6, 6.07) is 16.1. The number of amides is 1. The van der Waals surface area contributed by atoms with Gasteiger partial charge in [-0.25, -0.2) is 0 Å². The van der Waals surface area contributed by atoms with Gasteiger partial charge in [0.15, 0.2) is 5.11 Å². The molecule has 0 aliphatic carbocycles. The van der Waals surface area contributed by atoms with Crippen LogP contribution in [0.15, 0.2) is 48.5 Å². The van der Waals surface area contributed by atoms with Crippen LogP contribution in [0.3, 0.4) is 0 Å². The van der Waals surface area contributed by atoms with Crippen molar-refractivity contribution in [1.82, 2.24) is 5.32 Å². The van der Waals surface area contributed by atoms with Gasteiger partial charge in [-0.1, -0.05) is 35.9 Å². The standard InChI is InChI=1S/C19H21N3OS/c1-14-5-2-6-15(11-14)13-20-19(24)21-16-7-3-8-17(12-16)22-10-4-9-18(22)23/h2-3,5-8,11-12H,4,9-10,13H2,1H3,(H2,20,21,24). The van der Waals surface area contributed by atoms with Crippen LogP contribution >= 0.6 is 12.2 Å². The van der Waals surface area contributed by atoms with E-state index in [4.69, 9.17) is 12.2 Å². The van der Waals surface area contributed by atoms with Gasteiger partial charge >= 0.3 is 0 Å². The van der Waals surface area contributed by atoms with E-state index in [9.17, 15) is 4.79 Å². The van der Waals surface area contributed by atoms with Crippen molar-refractivity contribution in [2.45, 2.75) is 26.3 Å². The molecule has 0 unspecified atom stereocenters. The molecule has 1 heterocycles. The number of rotatable bonds is 4. The fraction of sp³-hybridized carbons (Fsp3) is 0.263. The molecule has 0 bridgehead atoms. The zero-order valence-electron chi connectivity index (χ0n) is 13.7. The Morgan fingerprint density at radius 2 is 2.04 bits per heavy atom. The first kappa shape index (κ1) is 16.5. The summed E-state index contributed by atoms with van der Waals surface area (Å²) in [6.45, 7) is 3.54. The summed E-state index contributed by atoms with van der Waals surface area (Å²) in [5.74, 6) is 0.187. The smallest absolute Gasteiger partial charge is 0.227 e. The SMILES string of the molecule is Cc1cccc(CNC(=S)Nc2cccc(N3CCCC3=O)c2)c1. The number of anilines is 2. The van der Waals surface area contributed by atoms with Crippen molar-refractivity contribution in [3.63, 3.8) is 0 Å². The van der Waals surface area contributed by atoms with Gasteiger partial charge in [0, 0.05) is 30.9 Å². The van der Waals surface area contributed by atoms with E-state index in [0.717, 1.165) is 24.3 Å². The van der Waals surface area contributed by atoms with E-state index in [-0.39, 0.29) is 5.91 Å². The third-order valence-electron chi connectivity index (χ3n) is 4.02. The number of nitrogens with zero attached hydrogens (tertiary/aromatic N) is 1. The third kappa shape index (κ3) is 4.11. The Morgan fingerprint density at radius 1 is 1.21 bits per heavy atom. The molecule has 2 N–H and O–H groups in total. The van der Waals surface area contributed by atoms with Crippen molar-refractivity contribution in [2.75, 3.05) is 16.8 Å². The Hall–Kier alpha value is -2.40. The van der Waals surface area contributed by atoms with E-state index in [1.54, 1.807) is 0 Å². The van der Waals surface area contributed by atoms with E-state index in [2.05, 4.69) is 35.8 Å². The normalized spacial score (nSPS) is 13.9. The van der Waals surface area contributed by atoms with Crippen LogP contribution in [-0.2, 0) is 11.3 Å². The number of aryl methyl sites for hydroxylation is 1. The molecule has 124 valence electrons. The molecule has 1 amide bonds. The lowest BCUT2D eigenvalue weighted by Gasteiger charge is -2.17. The minimum absolute atomic E-state index is 0.187. The molecule has 1 aliphatic heterocycles. The van der Waals surface area contributed by atoms with Gasteiger partial charge in [0.1, 0.15) is 0 Å². The molecule has 4 nitrogen and oxygen atoms in total. The van der Waals surface area contributed by atoms with Crippen LogP contribution in [0.2, 0.25) is 0 Å². The topological polar surface area (TPSA) is 44.4 Å². The minimum Gasteiger partial charge on any atom is -0.358 e. The van der Waals surface area contributed by atoms with Crippen molar-refractivity contribution in [1.29, 1.82) is 0 Å². The van der Waals surface area contributed by atoms with Crippen molar-refractivity contribution in [3.05, 3.63) is 59.7 Å². The highest BCUT2D eigenvalue weighted by Crippen LogP contribution is 2.24. The maximum Gasteiger partial charge on any atom is 0.227 e. The number of hydrogen-bond donors (Lipinski definition) is 2. The maximum absolute atomic E-state index is 11.9. The summed E-state index contributed by atoms with van der Waals surface area (Å²) in [4.78, 5) is 13.7. The summed E-state index contributed by atoms with van der Waals surface area (Å²) in [5.41, 5.74) is 4.23. The first-order valence-electron chi connectivity index (χ1n) is 8.13. The van der Waals surface area contributed by atoms with Crippen LogP contribution in [-0.4, -0.2) is 17.6 Å². The molecule has 24 heavy (non-hydrogen) atoms. The van der Waals surface area contributed by atoms with E-state index >= 15 is 0 Å². The van der Waals surface area contributed by atoms with Crippen molar-refractivity contribution in [3.8, 4) is 0 Å². The highest BCUT2D eigenvalue weighted by atomic mass is 32.1. The van der Waals surface area contributed by atoms with Crippen molar-refractivity contribution >= 4 is 34.6 Å². The molecule has 1 fully saturated rings. The summed E-state index contributed by atoms with van der Waals surface area (Å²) < 4.78 is 0. The van der Waals surface area contributed by atoms with Gasteiger partial charge < -0.3 is 15.5 Å². The largest absolute Gasteiger partial charge is 0.358 e. The van der Waals surface area contributed by atoms with Crippen LogP contribution in [0.1, 0.15) is 24.0 Å². The van der Waals surface area contributed by atoms with Crippen LogP contribution in [0, 0.1) is 6.92 Å². The highest BCUT2D eigenvalue weighted by Gasteiger charge is 2.21.